The molecule has 7 rings (SSSR count). The zero-order valence-electron chi connectivity index (χ0n) is 28.5. The van der Waals surface area contributed by atoms with E-state index in [1.807, 2.05) is 35.4 Å². The maximum absolute atomic E-state index is 13.4. The van der Waals surface area contributed by atoms with Gasteiger partial charge in [-0.1, -0.05) is 17.7 Å². The molecule has 5 aromatic rings. The van der Waals surface area contributed by atoms with Crippen LogP contribution in [-0.2, 0) is 7.05 Å². The van der Waals surface area contributed by atoms with Crippen LogP contribution in [-0.4, -0.2) is 80.7 Å². The molecule has 2 fully saturated rings. The second-order valence-corrected chi connectivity index (χ2v) is 13.7. The van der Waals surface area contributed by atoms with Gasteiger partial charge in [0.15, 0.2) is 11.5 Å². The predicted octanol–water partition coefficient (Wildman–Crippen LogP) is 4.50. The van der Waals surface area contributed by atoms with E-state index in [-0.39, 0.29) is 17.6 Å². The number of aromatic nitrogens is 4. The number of piperidine rings is 2. The Morgan fingerprint density at radius 2 is 1.73 bits per heavy atom. The Hall–Kier alpha value is -5.20. The molecule has 2 aliphatic rings. The van der Waals surface area contributed by atoms with Crippen LogP contribution in [0.2, 0.25) is 5.02 Å². The highest BCUT2D eigenvalue weighted by Gasteiger charge is 2.28. The number of fused-ring (bicyclic) bond motifs is 1. The van der Waals surface area contributed by atoms with E-state index >= 15 is 0 Å². The molecule has 13 heteroatoms. The second kappa shape index (κ2) is 14.6. The summed E-state index contributed by atoms with van der Waals surface area (Å²) < 4.78 is 15.0. The van der Waals surface area contributed by atoms with Crippen LogP contribution in [0.4, 0.5) is 0 Å². The fraction of sp³-hybridized carbons (Fsp3) is 0.342. The number of carbonyl (C=O) groups excluding carboxylic acids is 1. The molecule has 0 aliphatic carbocycles. The summed E-state index contributed by atoms with van der Waals surface area (Å²) in [5, 5.41) is 1.71. The highest BCUT2D eigenvalue weighted by molar-refractivity contribution is 6.32. The average Bonchev–Trinajstić information content (AvgIpc) is 3.14. The molecule has 2 saturated heterocycles. The minimum absolute atomic E-state index is 0.0705. The molecule has 0 atom stereocenters. The van der Waals surface area contributed by atoms with Gasteiger partial charge in [-0.15, -0.1) is 0 Å². The van der Waals surface area contributed by atoms with Gasteiger partial charge in [0, 0.05) is 81.8 Å². The van der Waals surface area contributed by atoms with E-state index in [9.17, 15) is 19.2 Å². The number of nitrogens with zero attached hydrogens (tertiary/aromatic N) is 5. The third-order valence-corrected chi connectivity index (χ3v) is 10.3. The lowest BCUT2D eigenvalue weighted by Gasteiger charge is -2.37. The largest absolute Gasteiger partial charge is 0.493 e. The number of hydrogen-bond acceptors (Lipinski definition) is 8. The van der Waals surface area contributed by atoms with Gasteiger partial charge in [0.05, 0.1) is 23.2 Å². The molecule has 0 saturated carbocycles. The van der Waals surface area contributed by atoms with Crippen LogP contribution in [0.5, 0.6) is 11.5 Å². The number of carbonyl (C=O) groups is 1. The highest BCUT2D eigenvalue weighted by atomic mass is 35.5. The quantitative estimate of drug-likeness (QED) is 0.249. The number of H-pyrrole nitrogens is 1. The first-order chi connectivity index (χ1) is 24.7. The molecule has 12 nitrogen and oxygen atoms in total. The Balaban J connectivity index is 0.922. The highest BCUT2D eigenvalue weighted by Crippen LogP contribution is 2.36. The number of nitrogens with one attached hydrogen (secondary N) is 1. The van der Waals surface area contributed by atoms with Crippen molar-refractivity contribution in [2.24, 2.45) is 13.0 Å². The summed E-state index contributed by atoms with van der Waals surface area (Å²) in [5.74, 6) is 1.73. The van der Waals surface area contributed by atoms with Crippen molar-refractivity contribution in [1.82, 2.24) is 28.9 Å². The molecule has 3 aromatic heterocycles. The average molecular weight is 711 g/mol. The molecule has 0 spiro atoms. The van der Waals surface area contributed by atoms with Crippen LogP contribution in [0.3, 0.4) is 0 Å². The van der Waals surface area contributed by atoms with E-state index in [0.29, 0.717) is 52.2 Å². The Labute approximate surface area is 298 Å². The first-order valence-corrected chi connectivity index (χ1v) is 17.5. The first kappa shape index (κ1) is 34.3. The van der Waals surface area contributed by atoms with Crippen molar-refractivity contribution in [3.05, 3.63) is 115 Å². The summed E-state index contributed by atoms with van der Waals surface area (Å²) in [5.41, 5.74) is 1.42. The van der Waals surface area contributed by atoms with Crippen LogP contribution in [0.25, 0.3) is 27.6 Å². The standard InChI is InChI=1S/C38H39ClN6O6/c1-42-23-30(28-7-13-40-21-29(28)37(42)48)25-4-6-33(34(20-25)50-2)51-27-10-14-43(15-11-27)22-24-8-16-44(17-9-24)36(47)26-3-5-31(39)32(19-26)45-18-12-35(46)41-38(45)49/h3-7,12-13,18-21,23-24,27H,8-11,14-17,22H2,1-2H3,(H,41,46,49). The zero-order valence-corrected chi connectivity index (χ0v) is 29.3. The molecule has 0 radical (unpaired) electrons. The molecule has 1 N–H and O–H groups in total. The summed E-state index contributed by atoms with van der Waals surface area (Å²) in [6.07, 6.45) is 10.2. The van der Waals surface area contributed by atoms with E-state index in [2.05, 4.69) is 14.9 Å². The monoisotopic (exact) mass is 710 g/mol. The van der Waals surface area contributed by atoms with Gasteiger partial charge in [0.2, 0.25) is 0 Å². The molecule has 1 amide bonds. The molecular weight excluding hydrogens is 672 g/mol. The van der Waals surface area contributed by atoms with Crippen LogP contribution in [0, 0.1) is 5.92 Å². The van der Waals surface area contributed by atoms with Crippen LogP contribution >= 0.6 is 11.6 Å². The van der Waals surface area contributed by atoms with Crippen LogP contribution in [0.15, 0.2) is 87.7 Å². The summed E-state index contributed by atoms with van der Waals surface area (Å²) in [6.45, 7) is 4.15. The van der Waals surface area contributed by atoms with E-state index in [0.717, 1.165) is 61.8 Å². The van der Waals surface area contributed by atoms with Crippen LogP contribution < -0.4 is 26.3 Å². The van der Waals surface area contributed by atoms with Gasteiger partial charge in [-0.3, -0.25) is 28.9 Å². The van der Waals surface area contributed by atoms with Gasteiger partial charge >= 0.3 is 5.69 Å². The van der Waals surface area contributed by atoms with Crippen molar-refractivity contribution in [3.8, 4) is 28.3 Å². The number of ether oxygens (including phenoxy) is 2. The van der Waals surface area contributed by atoms with Crippen molar-refractivity contribution in [2.75, 3.05) is 39.8 Å². The molecule has 2 aromatic carbocycles. The van der Waals surface area contributed by atoms with E-state index in [4.69, 9.17) is 21.1 Å². The lowest BCUT2D eigenvalue weighted by Crippen LogP contribution is -2.44. The number of likely N-dealkylation sites (tertiary alicyclic amines) is 2. The van der Waals surface area contributed by atoms with Gasteiger partial charge < -0.3 is 23.8 Å². The maximum Gasteiger partial charge on any atom is 0.332 e. The first-order valence-electron chi connectivity index (χ1n) is 17.1. The predicted molar refractivity (Wildman–Crippen MR) is 195 cm³/mol. The lowest BCUT2D eigenvalue weighted by molar-refractivity contribution is 0.0603. The van der Waals surface area contributed by atoms with Crippen molar-refractivity contribution in [1.29, 1.82) is 0 Å². The third kappa shape index (κ3) is 7.19. The van der Waals surface area contributed by atoms with Gasteiger partial charge in [-0.05, 0) is 78.9 Å². The number of rotatable bonds is 8. The van der Waals surface area contributed by atoms with Crippen molar-refractivity contribution in [3.63, 3.8) is 0 Å². The minimum atomic E-state index is -0.620. The Morgan fingerprint density at radius 1 is 0.941 bits per heavy atom. The number of methoxy groups -OCH3 is 1. The lowest BCUT2D eigenvalue weighted by atomic mass is 9.94. The SMILES string of the molecule is COc1cc(-c2cn(C)c(=O)c3cnccc23)ccc1OC1CCN(CC2CCN(C(=O)c3ccc(Cl)c(-n4ccc(=O)[nH]c4=O)c3)CC2)CC1. The van der Waals surface area contributed by atoms with E-state index in [1.54, 1.807) is 49.3 Å². The molecular formula is C38H39ClN6O6. The molecule has 264 valence electrons. The molecule has 51 heavy (non-hydrogen) atoms. The number of aryl methyl sites for hydroxylation is 1. The van der Waals surface area contributed by atoms with Gasteiger partial charge in [0.25, 0.3) is 17.0 Å². The van der Waals surface area contributed by atoms with Gasteiger partial charge in [-0.2, -0.15) is 0 Å². The van der Waals surface area contributed by atoms with Gasteiger partial charge in [-0.25, -0.2) is 4.79 Å². The summed E-state index contributed by atoms with van der Waals surface area (Å²) in [6, 6.07) is 13.9. The number of halogens is 1. The third-order valence-electron chi connectivity index (χ3n) is 9.98. The van der Waals surface area contributed by atoms with E-state index in [1.165, 1.54) is 16.8 Å². The summed E-state index contributed by atoms with van der Waals surface area (Å²) in [4.78, 5) is 60.6. The second-order valence-electron chi connectivity index (χ2n) is 13.2. The van der Waals surface area contributed by atoms with E-state index < -0.39 is 11.2 Å². The van der Waals surface area contributed by atoms with Crippen molar-refractivity contribution < 1.29 is 14.3 Å². The maximum atomic E-state index is 13.4. The number of amides is 1. The molecule has 0 bridgehead atoms. The minimum Gasteiger partial charge on any atom is -0.493 e. The molecule has 0 unspecified atom stereocenters. The summed E-state index contributed by atoms with van der Waals surface area (Å²) in [7, 11) is 3.38. The number of benzene rings is 2. The number of hydrogen-bond donors (Lipinski definition) is 1. The fourth-order valence-electron chi connectivity index (χ4n) is 7.17. The zero-order chi connectivity index (χ0) is 35.6. The Bertz CT molecular complexity index is 2270. The molecule has 5 heterocycles. The Morgan fingerprint density at radius 3 is 2.47 bits per heavy atom. The topological polar surface area (TPSA) is 132 Å². The van der Waals surface area contributed by atoms with Gasteiger partial charge in [0.1, 0.15) is 6.10 Å². The fourth-order valence-corrected chi connectivity index (χ4v) is 7.38. The van der Waals surface area contributed by atoms with Crippen molar-refractivity contribution >= 4 is 28.3 Å². The number of pyridine rings is 2. The normalized spacial score (nSPS) is 16.0. The number of aromatic amines is 1. The summed E-state index contributed by atoms with van der Waals surface area (Å²) >= 11 is 6.35. The smallest absolute Gasteiger partial charge is 0.332 e. The molecule has 2 aliphatic heterocycles. The van der Waals surface area contributed by atoms with Crippen molar-refractivity contribution in [2.45, 2.75) is 31.8 Å². The van der Waals surface area contributed by atoms with Crippen LogP contribution in [0.1, 0.15) is 36.0 Å². The Kier molecular flexibility index (Phi) is 9.79.